The van der Waals surface area contributed by atoms with Gasteiger partial charge < -0.3 is 15.2 Å². The molecule has 150 valence electrons. The Kier molecular flexibility index (Phi) is 6.22. The van der Waals surface area contributed by atoms with Crippen LogP contribution in [0, 0.1) is 13.8 Å². The molecule has 3 rings (SSSR count). The van der Waals surface area contributed by atoms with Gasteiger partial charge in [-0.15, -0.1) is 0 Å². The van der Waals surface area contributed by atoms with Gasteiger partial charge in [-0.05, 0) is 38.7 Å². The molecule has 1 saturated heterocycles. The van der Waals surface area contributed by atoms with E-state index in [0.717, 1.165) is 62.1 Å². The zero-order chi connectivity index (χ0) is 20.3. The summed E-state index contributed by atoms with van der Waals surface area (Å²) in [5.41, 5.74) is 11.7. The predicted molar refractivity (Wildman–Crippen MR) is 112 cm³/mol. The van der Waals surface area contributed by atoms with Gasteiger partial charge in [0.25, 0.3) is 5.91 Å². The molecular formula is C23H31N3O2. The van der Waals surface area contributed by atoms with Crippen molar-refractivity contribution in [2.45, 2.75) is 59.4 Å². The van der Waals surface area contributed by atoms with E-state index in [-0.39, 0.29) is 11.8 Å². The summed E-state index contributed by atoms with van der Waals surface area (Å²) in [6.45, 7) is 8.62. The highest BCUT2D eigenvalue weighted by Crippen LogP contribution is 2.34. The van der Waals surface area contributed by atoms with E-state index in [2.05, 4.69) is 42.7 Å². The number of aromatic nitrogens is 1. The third-order valence-electron chi connectivity index (χ3n) is 5.69. The van der Waals surface area contributed by atoms with Gasteiger partial charge in [-0.25, -0.2) is 0 Å². The minimum Gasteiger partial charge on any atom is -0.366 e. The third kappa shape index (κ3) is 3.98. The molecule has 1 aromatic carbocycles. The van der Waals surface area contributed by atoms with E-state index < -0.39 is 0 Å². The maximum absolute atomic E-state index is 12.3. The number of hydrogen-bond acceptors (Lipinski definition) is 2. The lowest BCUT2D eigenvalue weighted by atomic mass is 9.97. The van der Waals surface area contributed by atoms with Crippen molar-refractivity contribution in [3.05, 3.63) is 46.8 Å². The average Bonchev–Trinajstić information content (AvgIpc) is 3.18. The molecular weight excluding hydrogens is 350 g/mol. The first-order valence-corrected chi connectivity index (χ1v) is 10.3. The fourth-order valence-corrected chi connectivity index (χ4v) is 4.29. The standard InChI is InChI=1S/C23H31N3O2/c1-4-7-19-22(18-11-9-16(2)10-12-18)21(23(24)28)17(3)26(19)15-6-14-25-13-5-8-20(25)27/h9-12H,4-8,13-15H2,1-3H3,(H2,24,28). The zero-order valence-corrected chi connectivity index (χ0v) is 17.3. The lowest BCUT2D eigenvalue weighted by Crippen LogP contribution is -2.26. The van der Waals surface area contributed by atoms with Crippen molar-refractivity contribution in [2.75, 3.05) is 13.1 Å². The van der Waals surface area contributed by atoms with E-state index in [1.54, 1.807) is 0 Å². The molecule has 0 saturated carbocycles. The normalized spacial score (nSPS) is 14.1. The Labute approximate surface area is 167 Å². The van der Waals surface area contributed by atoms with Gasteiger partial charge in [-0.2, -0.15) is 0 Å². The summed E-state index contributed by atoms with van der Waals surface area (Å²) in [6.07, 6.45) is 4.40. The highest BCUT2D eigenvalue weighted by Gasteiger charge is 2.25. The van der Waals surface area contributed by atoms with Crippen LogP contribution in [0.3, 0.4) is 0 Å². The van der Waals surface area contributed by atoms with Gasteiger partial charge in [0.2, 0.25) is 5.91 Å². The van der Waals surface area contributed by atoms with Crippen LogP contribution in [0.1, 0.15) is 59.9 Å². The lowest BCUT2D eigenvalue weighted by molar-refractivity contribution is -0.127. The minimum absolute atomic E-state index is 0.260. The molecule has 0 atom stereocenters. The van der Waals surface area contributed by atoms with Crippen LogP contribution in [0.4, 0.5) is 0 Å². The highest BCUT2D eigenvalue weighted by molar-refractivity contribution is 6.02. The molecule has 1 aliphatic heterocycles. The summed E-state index contributed by atoms with van der Waals surface area (Å²) in [5.74, 6) is -0.116. The predicted octanol–water partition coefficient (Wildman–Crippen LogP) is 3.84. The SMILES string of the molecule is CCCc1c(-c2ccc(C)cc2)c(C(N)=O)c(C)n1CCCN1CCCC1=O. The van der Waals surface area contributed by atoms with Crippen molar-refractivity contribution in [2.24, 2.45) is 5.73 Å². The second kappa shape index (κ2) is 8.63. The van der Waals surface area contributed by atoms with E-state index >= 15 is 0 Å². The smallest absolute Gasteiger partial charge is 0.251 e. The van der Waals surface area contributed by atoms with Crippen molar-refractivity contribution < 1.29 is 9.59 Å². The third-order valence-corrected chi connectivity index (χ3v) is 5.69. The molecule has 5 heteroatoms. The number of likely N-dealkylation sites (tertiary alicyclic amines) is 1. The fraction of sp³-hybridized carbons (Fsp3) is 0.478. The first-order chi connectivity index (χ1) is 13.4. The van der Waals surface area contributed by atoms with E-state index in [9.17, 15) is 9.59 Å². The Bertz CT molecular complexity index is 865. The van der Waals surface area contributed by atoms with Crippen LogP contribution in [0.2, 0.25) is 0 Å². The Morgan fingerprint density at radius 3 is 2.43 bits per heavy atom. The number of aryl methyl sites for hydroxylation is 1. The van der Waals surface area contributed by atoms with Crippen LogP contribution < -0.4 is 5.73 Å². The number of nitrogens with two attached hydrogens (primary N) is 1. The Balaban J connectivity index is 1.96. The number of carbonyl (C=O) groups is 2. The van der Waals surface area contributed by atoms with Crippen LogP contribution in [-0.4, -0.2) is 34.4 Å². The fourth-order valence-electron chi connectivity index (χ4n) is 4.29. The van der Waals surface area contributed by atoms with Crippen LogP contribution in [0.5, 0.6) is 0 Å². The number of carbonyl (C=O) groups excluding carboxylic acids is 2. The quantitative estimate of drug-likeness (QED) is 0.755. The first kappa shape index (κ1) is 20.2. The van der Waals surface area contributed by atoms with Crippen LogP contribution in [0.15, 0.2) is 24.3 Å². The van der Waals surface area contributed by atoms with Gasteiger partial charge in [-0.3, -0.25) is 9.59 Å². The summed E-state index contributed by atoms with van der Waals surface area (Å²) in [7, 11) is 0. The topological polar surface area (TPSA) is 68.3 Å². The molecule has 0 bridgehead atoms. The first-order valence-electron chi connectivity index (χ1n) is 10.3. The van der Waals surface area contributed by atoms with Gasteiger partial charge in [0, 0.05) is 43.0 Å². The second-order valence-electron chi connectivity index (χ2n) is 7.75. The molecule has 5 nitrogen and oxygen atoms in total. The van der Waals surface area contributed by atoms with Crippen molar-refractivity contribution in [1.29, 1.82) is 0 Å². The van der Waals surface area contributed by atoms with Crippen molar-refractivity contribution in [3.8, 4) is 11.1 Å². The average molecular weight is 382 g/mol. The Morgan fingerprint density at radius 2 is 1.86 bits per heavy atom. The molecule has 0 spiro atoms. The summed E-state index contributed by atoms with van der Waals surface area (Å²) in [6, 6.07) is 8.29. The number of primary amides is 1. The Hall–Kier alpha value is -2.56. The van der Waals surface area contributed by atoms with Gasteiger partial charge >= 0.3 is 0 Å². The minimum atomic E-state index is -0.376. The maximum atomic E-state index is 12.3. The number of nitrogens with zero attached hydrogens (tertiary/aromatic N) is 2. The van der Waals surface area contributed by atoms with E-state index in [4.69, 9.17) is 5.73 Å². The highest BCUT2D eigenvalue weighted by atomic mass is 16.2. The maximum Gasteiger partial charge on any atom is 0.251 e. The van der Waals surface area contributed by atoms with Gasteiger partial charge in [0.05, 0.1) is 5.56 Å². The molecule has 1 fully saturated rings. The lowest BCUT2D eigenvalue weighted by Gasteiger charge is -2.17. The van der Waals surface area contributed by atoms with E-state index in [0.29, 0.717) is 12.0 Å². The van der Waals surface area contributed by atoms with Crippen molar-refractivity contribution in [3.63, 3.8) is 0 Å². The summed E-state index contributed by atoms with van der Waals surface area (Å²) in [4.78, 5) is 26.2. The molecule has 28 heavy (non-hydrogen) atoms. The van der Waals surface area contributed by atoms with Crippen LogP contribution in [-0.2, 0) is 17.8 Å². The van der Waals surface area contributed by atoms with Crippen molar-refractivity contribution in [1.82, 2.24) is 9.47 Å². The van der Waals surface area contributed by atoms with Gasteiger partial charge in [-0.1, -0.05) is 43.2 Å². The molecule has 0 aliphatic carbocycles. The number of hydrogen-bond donors (Lipinski definition) is 1. The molecule has 2 aromatic rings. The second-order valence-corrected chi connectivity index (χ2v) is 7.75. The van der Waals surface area contributed by atoms with Gasteiger partial charge in [0.1, 0.15) is 0 Å². The molecule has 1 aliphatic rings. The van der Waals surface area contributed by atoms with Crippen LogP contribution >= 0.6 is 0 Å². The number of rotatable bonds is 8. The van der Waals surface area contributed by atoms with Crippen LogP contribution in [0.25, 0.3) is 11.1 Å². The number of amides is 2. The molecule has 0 radical (unpaired) electrons. The monoisotopic (exact) mass is 381 g/mol. The van der Waals surface area contributed by atoms with Gasteiger partial charge in [0.15, 0.2) is 0 Å². The molecule has 2 N–H and O–H groups in total. The molecule has 2 amide bonds. The van der Waals surface area contributed by atoms with Crippen molar-refractivity contribution >= 4 is 11.8 Å². The zero-order valence-electron chi connectivity index (χ0n) is 17.3. The molecule has 0 unspecified atom stereocenters. The van der Waals surface area contributed by atoms with E-state index in [1.807, 2.05) is 11.8 Å². The molecule has 1 aromatic heterocycles. The Morgan fingerprint density at radius 1 is 1.14 bits per heavy atom. The largest absolute Gasteiger partial charge is 0.366 e. The summed E-state index contributed by atoms with van der Waals surface area (Å²) < 4.78 is 2.25. The molecule has 2 heterocycles. The van der Waals surface area contributed by atoms with E-state index in [1.165, 1.54) is 11.3 Å². The number of benzene rings is 1. The summed E-state index contributed by atoms with van der Waals surface area (Å²) >= 11 is 0. The summed E-state index contributed by atoms with van der Waals surface area (Å²) in [5, 5.41) is 0.